The van der Waals surface area contributed by atoms with Gasteiger partial charge in [0.05, 0.1) is 0 Å². The van der Waals surface area contributed by atoms with Crippen LogP contribution in [0.3, 0.4) is 0 Å². The van der Waals surface area contributed by atoms with E-state index in [1.54, 1.807) is 0 Å². The highest BCUT2D eigenvalue weighted by Crippen LogP contribution is 2.59. The summed E-state index contributed by atoms with van der Waals surface area (Å²) >= 11 is 0. The molecule has 0 saturated heterocycles. The van der Waals surface area contributed by atoms with Gasteiger partial charge in [-0.2, -0.15) is 0 Å². The molecule has 0 aromatic rings. The van der Waals surface area contributed by atoms with Crippen molar-refractivity contribution in [3.05, 3.63) is 0 Å². The average molecular weight is 435 g/mol. The molecule has 0 aromatic heterocycles. The Morgan fingerprint density at radius 1 is 0.581 bits per heavy atom. The zero-order chi connectivity index (χ0) is 24.0. The molecule has 0 aliphatic heterocycles. The third-order valence-corrected chi connectivity index (χ3v) is 11.1. The summed E-state index contributed by atoms with van der Waals surface area (Å²) < 4.78 is 0. The highest BCUT2D eigenvalue weighted by Gasteiger charge is 2.50. The van der Waals surface area contributed by atoms with Crippen LogP contribution in [0.25, 0.3) is 0 Å². The van der Waals surface area contributed by atoms with E-state index in [1.165, 1.54) is 89.9 Å². The fraction of sp³-hybridized carbons (Fsp3) is 1.00. The SMILES string of the molecule is CCC(C(C)(C)CC)C(C)(CC)C1(C)CCCCCCC(C)(C(C)(C)C)CCCCC1. The van der Waals surface area contributed by atoms with E-state index < -0.39 is 0 Å². The van der Waals surface area contributed by atoms with E-state index in [-0.39, 0.29) is 0 Å². The lowest BCUT2D eigenvalue weighted by Crippen LogP contribution is -2.48. The Bertz CT molecular complexity index is 509. The van der Waals surface area contributed by atoms with Crippen LogP contribution in [-0.4, -0.2) is 0 Å². The van der Waals surface area contributed by atoms with Gasteiger partial charge in [0, 0.05) is 0 Å². The highest BCUT2D eigenvalue weighted by atomic mass is 14.6. The summed E-state index contributed by atoms with van der Waals surface area (Å²) in [7, 11) is 0. The Hall–Kier alpha value is 0. The molecular weight excluding hydrogens is 372 g/mol. The summed E-state index contributed by atoms with van der Waals surface area (Å²) in [5.41, 5.74) is 2.25. The molecule has 1 saturated carbocycles. The first-order valence-electron chi connectivity index (χ1n) is 14.2. The normalized spacial score (nSPS) is 31.1. The summed E-state index contributed by atoms with van der Waals surface area (Å²) in [4.78, 5) is 0. The van der Waals surface area contributed by atoms with Crippen molar-refractivity contribution in [1.82, 2.24) is 0 Å². The molecule has 1 fully saturated rings. The number of hydrogen-bond donors (Lipinski definition) is 0. The van der Waals surface area contributed by atoms with E-state index in [9.17, 15) is 0 Å². The van der Waals surface area contributed by atoms with Crippen LogP contribution >= 0.6 is 0 Å². The standard InChI is InChI=1S/C31H62/c1-12-26(28(7,8)13-2)31(11,14-3)30(10)24-19-16-15-18-22-29(9,27(4,5)6)23-20-17-21-25-30/h26H,12-25H2,1-11H3. The zero-order valence-electron chi connectivity index (χ0n) is 24.0. The van der Waals surface area contributed by atoms with Gasteiger partial charge in [0.2, 0.25) is 0 Å². The van der Waals surface area contributed by atoms with Gasteiger partial charge >= 0.3 is 0 Å². The highest BCUT2D eigenvalue weighted by molar-refractivity contribution is 5.00. The van der Waals surface area contributed by atoms with E-state index in [1.807, 2.05) is 0 Å². The minimum Gasteiger partial charge on any atom is -0.0651 e. The molecule has 0 spiro atoms. The van der Waals surface area contributed by atoms with Crippen LogP contribution in [-0.2, 0) is 0 Å². The Morgan fingerprint density at radius 2 is 0.968 bits per heavy atom. The van der Waals surface area contributed by atoms with Crippen molar-refractivity contribution in [2.45, 2.75) is 166 Å². The third-order valence-electron chi connectivity index (χ3n) is 11.1. The maximum Gasteiger partial charge on any atom is -0.0241 e. The first-order valence-corrected chi connectivity index (χ1v) is 14.2. The molecule has 31 heavy (non-hydrogen) atoms. The van der Waals surface area contributed by atoms with Crippen molar-refractivity contribution in [3.8, 4) is 0 Å². The molecule has 0 heterocycles. The monoisotopic (exact) mass is 434 g/mol. The third kappa shape index (κ3) is 6.76. The van der Waals surface area contributed by atoms with Crippen molar-refractivity contribution in [2.24, 2.45) is 33.0 Å². The Kier molecular flexibility index (Phi) is 10.7. The van der Waals surface area contributed by atoms with E-state index in [0.717, 1.165) is 5.92 Å². The van der Waals surface area contributed by atoms with Crippen LogP contribution in [0.5, 0.6) is 0 Å². The van der Waals surface area contributed by atoms with E-state index in [0.29, 0.717) is 27.1 Å². The van der Waals surface area contributed by atoms with Gasteiger partial charge < -0.3 is 0 Å². The molecule has 4 atom stereocenters. The second kappa shape index (κ2) is 11.4. The average Bonchev–Trinajstić information content (AvgIpc) is 2.70. The minimum absolute atomic E-state index is 0.419. The van der Waals surface area contributed by atoms with E-state index in [2.05, 4.69) is 76.2 Å². The second-order valence-corrected chi connectivity index (χ2v) is 13.9. The van der Waals surface area contributed by atoms with Crippen LogP contribution in [0.2, 0.25) is 0 Å². The summed E-state index contributed by atoms with van der Waals surface area (Å²) in [5.74, 6) is 0.805. The molecular formula is C31H62. The topological polar surface area (TPSA) is 0 Å². The Labute approximate surface area is 199 Å². The molecule has 1 aliphatic rings. The van der Waals surface area contributed by atoms with E-state index >= 15 is 0 Å². The summed E-state index contributed by atoms with van der Waals surface area (Å²) in [6, 6.07) is 0. The molecule has 0 N–H and O–H groups in total. The van der Waals surface area contributed by atoms with Gasteiger partial charge in [-0.3, -0.25) is 0 Å². The molecule has 0 amide bonds. The fourth-order valence-electron chi connectivity index (χ4n) is 7.37. The Balaban J connectivity index is 3.11. The quantitative estimate of drug-likeness (QED) is 0.390. The zero-order valence-corrected chi connectivity index (χ0v) is 24.0. The van der Waals surface area contributed by atoms with Crippen molar-refractivity contribution in [3.63, 3.8) is 0 Å². The van der Waals surface area contributed by atoms with Crippen LogP contribution in [0.15, 0.2) is 0 Å². The fourth-order valence-corrected chi connectivity index (χ4v) is 7.37. The van der Waals surface area contributed by atoms with Crippen molar-refractivity contribution in [2.75, 3.05) is 0 Å². The van der Waals surface area contributed by atoms with Gasteiger partial charge in [0.15, 0.2) is 0 Å². The molecule has 4 unspecified atom stereocenters. The molecule has 1 rings (SSSR count). The molecule has 0 aromatic carbocycles. The predicted molar refractivity (Wildman–Crippen MR) is 143 cm³/mol. The molecule has 0 nitrogen and oxygen atoms in total. The summed E-state index contributed by atoms with van der Waals surface area (Å²) in [6.07, 6.45) is 19.6. The minimum atomic E-state index is 0.419. The number of hydrogen-bond acceptors (Lipinski definition) is 0. The molecule has 186 valence electrons. The summed E-state index contributed by atoms with van der Waals surface area (Å²) in [6.45, 7) is 27.9. The summed E-state index contributed by atoms with van der Waals surface area (Å²) in [5, 5.41) is 0. The van der Waals surface area contributed by atoms with Gasteiger partial charge in [0.25, 0.3) is 0 Å². The van der Waals surface area contributed by atoms with Gasteiger partial charge in [0.1, 0.15) is 0 Å². The van der Waals surface area contributed by atoms with Crippen LogP contribution in [0.4, 0.5) is 0 Å². The predicted octanol–water partition coefficient (Wildman–Crippen LogP) is 11.2. The van der Waals surface area contributed by atoms with Crippen LogP contribution in [0.1, 0.15) is 166 Å². The van der Waals surface area contributed by atoms with Gasteiger partial charge in [-0.15, -0.1) is 0 Å². The second-order valence-electron chi connectivity index (χ2n) is 13.9. The van der Waals surface area contributed by atoms with Gasteiger partial charge in [-0.25, -0.2) is 0 Å². The largest absolute Gasteiger partial charge is 0.0651 e. The first-order chi connectivity index (χ1) is 14.2. The van der Waals surface area contributed by atoms with Gasteiger partial charge in [-0.05, 0) is 65.1 Å². The maximum absolute atomic E-state index is 2.70. The van der Waals surface area contributed by atoms with Crippen molar-refractivity contribution < 1.29 is 0 Å². The first kappa shape index (κ1) is 29.0. The van der Waals surface area contributed by atoms with Crippen molar-refractivity contribution in [1.29, 1.82) is 0 Å². The lowest BCUT2D eigenvalue weighted by Gasteiger charge is -2.56. The Morgan fingerprint density at radius 3 is 1.29 bits per heavy atom. The van der Waals surface area contributed by atoms with Crippen LogP contribution < -0.4 is 0 Å². The van der Waals surface area contributed by atoms with Crippen molar-refractivity contribution >= 4 is 0 Å². The smallest absolute Gasteiger partial charge is 0.0241 e. The van der Waals surface area contributed by atoms with Gasteiger partial charge in [-0.1, -0.05) is 134 Å². The molecule has 0 radical (unpaired) electrons. The van der Waals surface area contributed by atoms with Crippen LogP contribution in [0, 0.1) is 33.0 Å². The number of rotatable bonds is 6. The molecule has 1 aliphatic carbocycles. The lowest BCUT2D eigenvalue weighted by molar-refractivity contribution is -0.0688. The van der Waals surface area contributed by atoms with E-state index in [4.69, 9.17) is 0 Å². The lowest BCUT2D eigenvalue weighted by atomic mass is 9.49. The maximum atomic E-state index is 2.70. The molecule has 0 bridgehead atoms. The molecule has 0 heteroatoms.